The van der Waals surface area contributed by atoms with Crippen molar-refractivity contribution in [3.8, 4) is 5.75 Å². The Morgan fingerprint density at radius 3 is 1.96 bits per heavy atom. The normalized spacial score (nSPS) is 11.4. The third-order valence-corrected chi connectivity index (χ3v) is 6.68. The van der Waals surface area contributed by atoms with Crippen molar-refractivity contribution in [1.82, 2.24) is 5.32 Å². The first-order chi connectivity index (χ1) is 23.7. The number of unbranched alkanes of at least 4 members (excludes halogenated alkanes) is 1. The van der Waals surface area contributed by atoms with E-state index in [4.69, 9.17) is 40.1 Å². The fourth-order valence-electron chi connectivity index (χ4n) is 4.02. The summed E-state index contributed by atoms with van der Waals surface area (Å²) in [5.41, 5.74) is 14.7. The molecule has 49 heavy (non-hydrogen) atoms. The molecule has 1 atom stereocenters. The second-order valence-electron chi connectivity index (χ2n) is 10.6. The lowest BCUT2D eigenvalue weighted by atomic mass is 10.1. The van der Waals surface area contributed by atoms with E-state index in [0.29, 0.717) is 74.5 Å². The first kappa shape index (κ1) is 40.6. The van der Waals surface area contributed by atoms with Crippen molar-refractivity contribution >= 4 is 34.9 Å². The number of aliphatic hydroxyl groups excluding tert-OH is 1. The Bertz CT molecular complexity index is 1380. The van der Waals surface area contributed by atoms with Crippen LogP contribution in [0.1, 0.15) is 52.8 Å². The number of rotatable bonds is 28. The number of primary amides is 1. The number of ketones is 3. The summed E-state index contributed by atoms with van der Waals surface area (Å²) in [4.78, 5) is 62.1. The van der Waals surface area contributed by atoms with E-state index in [1.807, 2.05) is 0 Å². The van der Waals surface area contributed by atoms with Crippen molar-refractivity contribution in [2.75, 3.05) is 66.0 Å². The SMILES string of the molecule is [N-]=[N+]=Nc1ccc(C(=O)Oc2ccc(C(=O)CCCCOCCOCC(=O)CCCOCCOCC(=O)CN[C@@H](CO)C(N)=O)cc2)cc1. The van der Waals surface area contributed by atoms with Gasteiger partial charge in [0.2, 0.25) is 5.91 Å². The number of Topliss-reactive ketones (excluding diaryl/α,β-unsaturated/α-hetero) is 3. The lowest BCUT2D eigenvalue weighted by Gasteiger charge is -2.11. The highest BCUT2D eigenvalue weighted by Crippen LogP contribution is 2.18. The maximum Gasteiger partial charge on any atom is 0.343 e. The number of benzene rings is 2. The number of carbonyl (C=O) groups is 5. The largest absolute Gasteiger partial charge is 0.423 e. The summed E-state index contributed by atoms with van der Waals surface area (Å²) >= 11 is 0. The molecule has 2 aromatic carbocycles. The fourth-order valence-corrected chi connectivity index (χ4v) is 4.02. The third kappa shape index (κ3) is 18.0. The summed E-state index contributed by atoms with van der Waals surface area (Å²) < 4.78 is 26.7. The Morgan fingerprint density at radius 2 is 1.35 bits per heavy atom. The van der Waals surface area contributed by atoms with E-state index < -0.39 is 24.5 Å². The van der Waals surface area contributed by atoms with Gasteiger partial charge in [-0.25, -0.2) is 4.79 Å². The molecule has 2 rings (SSSR count). The quantitative estimate of drug-likeness (QED) is 0.0223. The van der Waals surface area contributed by atoms with Crippen LogP contribution in [0.25, 0.3) is 10.4 Å². The predicted octanol–water partition coefficient (Wildman–Crippen LogP) is 2.62. The minimum Gasteiger partial charge on any atom is -0.423 e. The van der Waals surface area contributed by atoms with Gasteiger partial charge in [-0.1, -0.05) is 17.2 Å². The van der Waals surface area contributed by atoms with Crippen molar-refractivity contribution in [3.63, 3.8) is 0 Å². The van der Waals surface area contributed by atoms with Gasteiger partial charge in [0.25, 0.3) is 0 Å². The highest BCUT2D eigenvalue weighted by atomic mass is 16.5. The molecule has 0 aromatic heterocycles. The van der Waals surface area contributed by atoms with E-state index in [1.54, 1.807) is 24.3 Å². The minimum absolute atomic E-state index is 0.0199. The van der Waals surface area contributed by atoms with E-state index >= 15 is 0 Å². The van der Waals surface area contributed by atoms with E-state index in [-0.39, 0.29) is 56.9 Å². The fraction of sp³-hybridized carbons (Fsp3) is 0.485. The predicted molar refractivity (Wildman–Crippen MR) is 175 cm³/mol. The number of amides is 1. The van der Waals surface area contributed by atoms with Crippen molar-refractivity contribution < 1.29 is 52.8 Å². The maximum atomic E-state index is 12.5. The number of esters is 1. The number of nitrogens with one attached hydrogen (secondary N) is 1. The Morgan fingerprint density at radius 1 is 0.755 bits per heavy atom. The Kier molecular flexibility index (Phi) is 20.4. The lowest BCUT2D eigenvalue weighted by Crippen LogP contribution is -2.46. The number of hydrogen-bond donors (Lipinski definition) is 3. The molecule has 0 fully saturated rings. The smallest absolute Gasteiger partial charge is 0.343 e. The topological polar surface area (TPSA) is 239 Å². The van der Waals surface area contributed by atoms with Gasteiger partial charge in [-0.15, -0.1) is 0 Å². The summed E-state index contributed by atoms with van der Waals surface area (Å²) in [7, 11) is 0. The number of nitrogens with zero attached hydrogens (tertiary/aromatic N) is 3. The van der Waals surface area contributed by atoms with Crippen LogP contribution in [0.4, 0.5) is 5.69 Å². The number of nitrogens with two attached hydrogens (primary N) is 1. The summed E-state index contributed by atoms with van der Waals surface area (Å²) in [5, 5.41) is 15.0. The highest BCUT2D eigenvalue weighted by molar-refractivity contribution is 5.96. The molecule has 266 valence electrons. The number of aliphatic hydroxyl groups is 1. The average Bonchev–Trinajstić information content (AvgIpc) is 3.09. The number of carbonyl (C=O) groups excluding carboxylic acids is 5. The molecule has 0 radical (unpaired) electrons. The van der Waals surface area contributed by atoms with Crippen molar-refractivity contribution in [2.45, 2.75) is 38.1 Å². The lowest BCUT2D eigenvalue weighted by molar-refractivity contribution is -0.125. The maximum absolute atomic E-state index is 12.5. The van der Waals surface area contributed by atoms with Crippen LogP contribution in [0, 0.1) is 0 Å². The molecule has 2 aromatic rings. The molecule has 4 N–H and O–H groups in total. The molecule has 16 heteroatoms. The van der Waals surface area contributed by atoms with E-state index in [0.717, 1.165) is 0 Å². The summed E-state index contributed by atoms with van der Waals surface area (Å²) in [6.07, 6.45) is 2.47. The molecule has 0 heterocycles. The van der Waals surface area contributed by atoms with E-state index in [2.05, 4.69) is 15.3 Å². The molecular weight excluding hydrogens is 642 g/mol. The molecule has 0 aliphatic rings. The first-order valence-corrected chi connectivity index (χ1v) is 15.7. The van der Waals surface area contributed by atoms with Gasteiger partial charge in [-0.3, -0.25) is 24.5 Å². The molecule has 0 spiro atoms. The van der Waals surface area contributed by atoms with Gasteiger partial charge in [0.15, 0.2) is 17.3 Å². The average molecular weight is 686 g/mol. The summed E-state index contributed by atoms with van der Waals surface area (Å²) in [5.74, 6) is -1.43. The van der Waals surface area contributed by atoms with Gasteiger partial charge < -0.3 is 34.5 Å². The zero-order valence-corrected chi connectivity index (χ0v) is 27.3. The molecule has 0 saturated heterocycles. The van der Waals surface area contributed by atoms with Crippen molar-refractivity contribution in [2.24, 2.45) is 10.8 Å². The Labute approximate surface area is 283 Å². The van der Waals surface area contributed by atoms with Crippen LogP contribution in [-0.4, -0.2) is 106 Å². The van der Waals surface area contributed by atoms with Gasteiger partial charge in [0.05, 0.1) is 45.1 Å². The monoisotopic (exact) mass is 685 g/mol. The molecule has 16 nitrogen and oxygen atoms in total. The number of ether oxygens (including phenoxy) is 5. The van der Waals surface area contributed by atoms with Gasteiger partial charge in [-0.05, 0) is 61.2 Å². The Balaban J connectivity index is 1.41. The molecule has 0 saturated carbocycles. The summed E-state index contributed by atoms with van der Waals surface area (Å²) in [6, 6.07) is 11.3. The van der Waals surface area contributed by atoms with E-state index in [1.165, 1.54) is 24.3 Å². The van der Waals surface area contributed by atoms with Crippen LogP contribution < -0.4 is 15.8 Å². The minimum atomic E-state index is -0.983. The van der Waals surface area contributed by atoms with Crippen LogP contribution in [0.15, 0.2) is 53.6 Å². The van der Waals surface area contributed by atoms with Crippen LogP contribution in [0.2, 0.25) is 0 Å². The zero-order valence-electron chi connectivity index (χ0n) is 27.3. The second kappa shape index (κ2) is 24.6. The van der Waals surface area contributed by atoms with Gasteiger partial charge in [0.1, 0.15) is 25.0 Å². The highest BCUT2D eigenvalue weighted by Gasteiger charge is 2.15. The second-order valence-corrected chi connectivity index (χ2v) is 10.6. The zero-order chi connectivity index (χ0) is 35.7. The van der Waals surface area contributed by atoms with Crippen molar-refractivity contribution in [3.05, 3.63) is 70.1 Å². The van der Waals surface area contributed by atoms with Crippen molar-refractivity contribution in [1.29, 1.82) is 0 Å². The van der Waals surface area contributed by atoms with Crippen LogP contribution in [-0.2, 0) is 33.3 Å². The molecule has 0 aliphatic heterocycles. The van der Waals surface area contributed by atoms with Crippen LogP contribution in [0.5, 0.6) is 5.75 Å². The van der Waals surface area contributed by atoms with Gasteiger partial charge in [0, 0.05) is 42.2 Å². The molecule has 0 unspecified atom stereocenters. The van der Waals surface area contributed by atoms with E-state index in [9.17, 15) is 24.0 Å². The first-order valence-electron chi connectivity index (χ1n) is 15.7. The molecule has 0 bridgehead atoms. The molecule has 0 aliphatic carbocycles. The number of hydrogen-bond acceptors (Lipinski definition) is 13. The molecular formula is C33H43N5O11. The van der Waals surface area contributed by atoms with Crippen LogP contribution >= 0.6 is 0 Å². The number of azide groups is 1. The standard InChI is InChI=1S/C33H43N5O11/c34-32(43)30(21-39)36-20-28(41)23-48-19-17-46-15-3-4-27(40)22-47-18-16-45-14-2-1-5-31(42)24-8-12-29(13-9-24)49-33(44)25-6-10-26(11-7-25)37-38-35/h6-13,30,36,39H,1-5,14-23H2,(H2,34,43)/t30-/m0/s1. The molecule has 1 amide bonds. The summed E-state index contributed by atoms with van der Waals surface area (Å²) in [6.45, 7) is 0.998. The van der Waals surface area contributed by atoms with Gasteiger partial charge in [-0.2, -0.15) is 0 Å². The van der Waals surface area contributed by atoms with Gasteiger partial charge >= 0.3 is 5.97 Å². The van der Waals surface area contributed by atoms with Crippen LogP contribution in [0.3, 0.4) is 0 Å². The Hall–Kier alpha value is -4.54. The third-order valence-electron chi connectivity index (χ3n) is 6.68.